The van der Waals surface area contributed by atoms with Crippen LogP contribution in [-0.2, 0) is 6.54 Å². The number of benzene rings is 2. The molecule has 6 heteroatoms. The Morgan fingerprint density at radius 3 is 2.76 bits per heavy atom. The molecule has 2 N–H and O–H groups in total. The molecule has 0 aliphatic heterocycles. The van der Waals surface area contributed by atoms with Gasteiger partial charge in [-0.25, -0.2) is 4.98 Å². The largest absolute Gasteiger partial charge is 0.496 e. The van der Waals surface area contributed by atoms with E-state index in [0.717, 1.165) is 27.3 Å². The lowest BCUT2D eigenvalue weighted by atomic mass is 10.2. The monoisotopic (exact) mass is 398 g/mol. The molecule has 1 aromatic heterocycles. The highest BCUT2D eigenvalue weighted by molar-refractivity contribution is 9.10. The summed E-state index contributed by atoms with van der Waals surface area (Å²) in [7, 11) is 1.67. The summed E-state index contributed by atoms with van der Waals surface area (Å²) in [5, 5.41) is 6.52. The van der Waals surface area contributed by atoms with Crippen LogP contribution in [0.25, 0.3) is 0 Å². The SMILES string of the molecule is COc1ccccc1CNc1ccnc(Nc2ccc(C)c(Br)c2)n1. The van der Waals surface area contributed by atoms with E-state index in [-0.39, 0.29) is 0 Å². The summed E-state index contributed by atoms with van der Waals surface area (Å²) in [5.74, 6) is 2.14. The summed E-state index contributed by atoms with van der Waals surface area (Å²) in [6, 6.07) is 15.8. The predicted octanol–water partition coefficient (Wildman–Crippen LogP) is 4.91. The zero-order chi connectivity index (χ0) is 17.6. The zero-order valence-electron chi connectivity index (χ0n) is 14.1. The number of nitrogens with one attached hydrogen (secondary N) is 2. The number of methoxy groups -OCH3 is 1. The van der Waals surface area contributed by atoms with Crippen molar-refractivity contribution in [3.05, 3.63) is 70.3 Å². The molecule has 0 aliphatic carbocycles. The van der Waals surface area contributed by atoms with Gasteiger partial charge in [0, 0.05) is 28.5 Å². The number of aryl methyl sites for hydroxylation is 1. The fourth-order valence-electron chi connectivity index (χ4n) is 2.35. The molecule has 128 valence electrons. The number of aromatic nitrogens is 2. The van der Waals surface area contributed by atoms with Crippen molar-refractivity contribution >= 4 is 33.4 Å². The van der Waals surface area contributed by atoms with Gasteiger partial charge in [-0.05, 0) is 36.8 Å². The first-order valence-corrected chi connectivity index (χ1v) is 8.67. The molecule has 25 heavy (non-hydrogen) atoms. The molecular formula is C19H19BrN4O. The summed E-state index contributed by atoms with van der Waals surface area (Å²) in [4.78, 5) is 8.77. The molecule has 0 amide bonds. The maximum atomic E-state index is 5.37. The van der Waals surface area contributed by atoms with E-state index in [1.54, 1.807) is 13.3 Å². The number of para-hydroxylation sites is 1. The molecule has 0 atom stereocenters. The summed E-state index contributed by atoms with van der Waals surface area (Å²) < 4.78 is 6.41. The van der Waals surface area contributed by atoms with E-state index in [1.807, 2.05) is 55.5 Å². The van der Waals surface area contributed by atoms with Gasteiger partial charge in [-0.3, -0.25) is 0 Å². The highest BCUT2D eigenvalue weighted by atomic mass is 79.9. The van der Waals surface area contributed by atoms with Crippen LogP contribution in [0.5, 0.6) is 5.75 Å². The van der Waals surface area contributed by atoms with Crippen LogP contribution in [0.3, 0.4) is 0 Å². The topological polar surface area (TPSA) is 59.1 Å². The molecule has 0 saturated carbocycles. The first-order valence-electron chi connectivity index (χ1n) is 7.87. The third kappa shape index (κ3) is 4.48. The van der Waals surface area contributed by atoms with Crippen molar-refractivity contribution in [3.8, 4) is 5.75 Å². The Morgan fingerprint density at radius 2 is 1.96 bits per heavy atom. The minimum Gasteiger partial charge on any atom is -0.496 e. The van der Waals surface area contributed by atoms with Crippen LogP contribution >= 0.6 is 15.9 Å². The quantitative estimate of drug-likeness (QED) is 0.617. The summed E-state index contributed by atoms with van der Waals surface area (Å²) >= 11 is 3.53. The lowest BCUT2D eigenvalue weighted by molar-refractivity contribution is 0.410. The molecule has 0 spiro atoms. The van der Waals surface area contributed by atoms with Crippen molar-refractivity contribution in [1.29, 1.82) is 0 Å². The number of hydrogen-bond donors (Lipinski definition) is 2. The van der Waals surface area contributed by atoms with E-state index in [4.69, 9.17) is 4.74 Å². The van der Waals surface area contributed by atoms with Crippen molar-refractivity contribution in [2.24, 2.45) is 0 Å². The average molecular weight is 399 g/mol. The van der Waals surface area contributed by atoms with Crippen molar-refractivity contribution in [1.82, 2.24) is 9.97 Å². The number of halogens is 1. The third-order valence-corrected chi connectivity index (χ3v) is 4.59. The van der Waals surface area contributed by atoms with Crippen molar-refractivity contribution in [2.75, 3.05) is 17.7 Å². The molecule has 0 unspecified atom stereocenters. The molecule has 2 aromatic carbocycles. The van der Waals surface area contributed by atoms with Crippen LogP contribution in [0.2, 0.25) is 0 Å². The summed E-state index contributed by atoms with van der Waals surface area (Å²) in [6.45, 7) is 2.67. The van der Waals surface area contributed by atoms with Gasteiger partial charge in [0.15, 0.2) is 0 Å². The van der Waals surface area contributed by atoms with Gasteiger partial charge in [0.05, 0.1) is 7.11 Å². The summed E-state index contributed by atoms with van der Waals surface area (Å²) in [5.41, 5.74) is 3.18. The first kappa shape index (κ1) is 17.2. The second-order valence-corrected chi connectivity index (χ2v) is 6.37. The van der Waals surface area contributed by atoms with Crippen molar-refractivity contribution in [3.63, 3.8) is 0 Å². The van der Waals surface area contributed by atoms with Crippen LogP contribution < -0.4 is 15.4 Å². The standard InChI is InChI=1S/C19H19BrN4O/c1-13-7-8-15(11-16(13)20)23-19-21-10-9-18(24-19)22-12-14-5-3-4-6-17(14)25-2/h3-11H,12H2,1-2H3,(H2,21,22,23,24). The Hall–Kier alpha value is -2.60. The van der Waals surface area contributed by atoms with E-state index < -0.39 is 0 Å². The number of anilines is 3. The second kappa shape index (κ2) is 7.98. The van der Waals surface area contributed by atoms with Gasteiger partial charge in [0.1, 0.15) is 11.6 Å². The minimum atomic E-state index is 0.542. The Bertz CT molecular complexity index is 870. The Kier molecular flexibility index (Phi) is 5.50. The van der Waals surface area contributed by atoms with E-state index in [0.29, 0.717) is 12.5 Å². The van der Waals surface area contributed by atoms with Gasteiger partial charge in [0.25, 0.3) is 0 Å². The molecule has 3 rings (SSSR count). The van der Waals surface area contributed by atoms with Gasteiger partial charge >= 0.3 is 0 Å². The van der Waals surface area contributed by atoms with Gasteiger partial charge < -0.3 is 15.4 Å². The normalized spacial score (nSPS) is 10.4. The third-order valence-electron chi connectivity index (χ3n) is 3.74. The summed E-state index contributed by atoms with van der Waals surface area (Å²) in [6.07, 6.45) is 1.73. The van der Waals surface area contributed by atoms with Crippen LogP contribution in [0.15, 0.2) is 59.2 Å². The predicted molar refractivity (Wildman–Crippen MR) is 105 cm³/mol. The Labute approximate surface area is 155 Å². The molecule has 0 radical (unpaired) electrons. The lowest BCUT2D eigenvalue weighted by Crippen LogP contribution is -2.05. The molecule has 1 heterocycles. The highest BCUT2D eigenvalue weighted by Gasteiger charge is 2.04. The van der Waals surface area contributed by atoms with E-state index in [1.165, 1.54) is 5.56 Å². The molecule has 0 fully saturated rings. The zero-order valence-corrected chi connectivity index (χ0v) is 15.7. The number of hydrogen-bond acceptors (Lipinski definition) is 5. The van der Waals surface area contributed by atoms with Crippen molar-refractivity contribution in [2.45, 2.75) is 13.5 Å². The fraction of sp³-hybridized carbons (Fsp3) is 0.158. The smallest absolute Gasteiger partial charge is 0.229 e. The van der Waals surface area contributed by atoms with Crippen LogP contribution in [0, 0.1) is 6.92 Å². The van der Waals surface area contributed by atoms with Gasteiger partial charge in [-0.2, -0.15) is 4.98 Å². The molecular weight excluding hydrogens is 380 g/mol. The molecule has 0 saturated heterocycles. The van der Waals surface area contributed by atoms with Gasteiger partial charge in [-0.1, -0.05) is 40.2 Å². The lowest BCUT2D eigenvalue weighted by Gasteiger charge is -2.11. The Balaban J connectivity index is 1.70. The number of nitrogens with zero attached hydrogens (tertiary/aromatic N) is 2. The first-order chi connectivity index (χ1) is 12.2. The molecule has 0 aliphatic rings. The van der Waals surface area contributed by atoms with Gasteiger partial charge in [-0.15, -0.1) is 0 Å². The van der Waals surface area contributed by atoms with Crippen LogP contribution in [-0.4, -0.2) is 17.1 Å². The van der Waals surface area contributed by atoms with E-state index in [9.17, 15) is 0 Å². The maximum absolute atomic E-state index is 5.37. The molecule has 0 bridgehead atoms. The van der Waals surface area contributed by atoms with E-state index in [2.05, 4.69) is 36.5 Å². The highest BCUT2D eigenvalue weighted by Crippen LogP contribution is 2.23. The molecule has 5 nitrogen and oxygen atoms in total. The Morgan fingerprint density at radius 1 is 1.12 bits per heavy atom. The van der Waals surface area contributed by atoms with E-state index >= 15 is 0 Å². The van der Waals surface area contributed by atoms with Crippen molar-refractivity contribution < 1.29 is 4.74 Å². The maximum Gasteiger partial charge on any atom is 0.229 e. The number of ether oxygens (including phenoxy) is 1. The second-order valence-electron chi connectivity index (χ2n) is 5.52. The van der Waals surface area contributed by atoms with Gasteiger partial charge in [0.2, 0.25) is 5.95 Å². The average Bonchev–Trinajstić information content (AvgIpc) is 2.63. The molecule has 3 aromatic rings. The number of rotatable bonds is 6. The fourth-order valence-corrected chi connectivity index (χ4v) is 2.73. The van der Waals surface area contributed by atoms with Crippen LogP contribution in [0.1, 0.15) is 11.1 Å². The van der Waals surface area contributed by atoms with Crippen LogP contribution in [0.4, 0.5) is 17.5 Å². The minimum absolute atomic E-state index is 0.542.